The number of amides is 1. The lowest BCUT2D eigenvalue weighted by atomic mass is 10.1. The smallest absolute Gasteiger partial charge is 0.264 e. The van der Waals surface area contributed by atoms with Crippen molar-refractivity contribution >= 4 is 21.6 Å². The molecule has 9 nitrogen and oxygen atoms in total. The number of rotatable bonds is 8. The first-order valence-corrected chi connectivity index (χ1v) is 14.4. The molecule has 2 aliphatic rings. The van der Waals surface area contributed by atoms with Crippen molar-refractivity contribution in [2.24, 2.45) is 0 Å². The van der Waals surface area contributed by atoms with Gasteiger partial charge < -0.3 is 19.5 Å². The normalized spacial score (nSPS) is 17.7. The molecule has 10 heteroatoms. The number of benzene rings is 3. The summed E-state index contributed by atoms with van der Waals surface area (Å²) in [6.07, 6.45) is -1.01. The van der Waals surface area contributed by atoms with Crippen molar-refractivity contribution in [1.82, 2.24) is 10.2 Å². The van der Waals surface area contributed by atoms with Gasteiger partial charge in [-0.2, -0.15) is 0 Å². The summed E-state index contributed by atoms with van der Waals surface area (Å²) < 4.78 is 45.2. The van der Waals surface area contributed by atoms with Gasteiger partial charge in [0.1, 0.15) is 11.5 Å². The Balaban J connectivity index is 1.28. The highest BCUT2D eigenvalue weighted by Crippen LogP contribution is 2.38. The first-order chi connectivity index (χ1) is 18.8. The van der Waals surface area contributed by atoms with E-state index in [9.17, 15) is 13.2 Å². The zero-order chi connectivity index (χ0) is 27.4. The fraction of sp³-hybridized carbons (Fsp3) is 0.345. The molecule has 0 spiro atoms. The Kier molecular flexibility index (Phi) is 8.06. The molecule has 0 bridgehead atoms. The molecular weight excluding hydrogens is 518 g/mol. The second-order valence-corrected chi connectivity index (χ2v) is 11.6. The third-order valence-corrected chi connectivity index (χ3v) is 8.72. The number of fused-ring (bicyclic) bond motifs is 1. The Morgan fingerprint density at radius 1 is 1.00 bits per heavy atom. The molecular formula is C29H33N3O6S. The number of morpholine rings is 1. The summed E-state index contributed by atoms with van der Waals surface area (Å²) in [7, 11) is -2.44. The van der Waals surface area contributed by atoms with Gasteiger partial charge in [-0.1, -0.05) is 30.3 Å². The van der Waals surface area contributed by atoms with E-state index < -0.39 is 16.1 Å². The van der Waals surface area contributed by atoms with E-state index in [1.807, 2.05) is 25.1 Å². The maximum absolute atomic E-state index is 13.7. The van der Waals surface area contributed by atoms with Crippen LogP contribution in [0.3, 0.4) is 0 Å². The molecule has 0 aromatic heterocycles. The fourth-order valence-corrected chi connectivity index (χ4v) is 6.15. The lowest BCUT2D eigenvalue weighted by molar-refractivity contribution is -0.127. The summed E-state index contributed by atoms with van der Waals surface area (Å²) in [6, 6.07) is 19.6. The van der Waals surface area contributed by atoms with E-state index >= 15 is 0 Å². The van der Waals surface area contributed by atoms with Crippen molar-refractivity contribution in [3.05, 3.63) is 83.4 Å². The fourth-order valence-electron chi connectivity index (χ4n) is 4.68. The molecule has 1 N–H and O–H groups in total. The highest BCUT2D eigenvalue weighted by molar-refractivity contribution is 7.92. The van der Waals surface area contributed by atoms with Crippen LogP contribution in [0.2, 0.25) is 0 Å². The number of methoxy groups -OCH3 is 1. The maximum atomic E-state index is 13.7. The Labute approximate surface area is 229 Å². The van der Waals surface area contributed by atoms with Crippen molar-refractivity contribution in [2.75, 3.05) is 44.3 Å². The molecule has 1 fully saturated rings. The van der Waals surface area contributed by atoms with Gasteiger partial charge in [0.25, 0.3) is 15.9 Å². The monoisotopic (exact) mass is 551 g/mol. The van der Waals surface area contributed by atoms with E-state index in [1.54, 1.807) is 24.3 Å². The number of ether oxygens (including phenoxy) is 3. The summed E-state index contributed by atoms with van der Waals surface area (Å²) in [6.45, 7) is 6.27. The summed E-state index contributed by atoms with van der Waals surface area (Å²) in [5, 5.41) is 2.91. The standard InChI is InChI=1S/C29H33N3O6S/c1-21-3-12-27-26(17-21)32(39(34,35)25-10-8-24(36-2)9-11-25)20-28(38-27)29(33)30-18-22-4-6-23(7-5-22)19-31-13-15-37-16-14-31/h3-12,17,28H,13-16,18-20H2,1-2H3,(H,30,33). The third kappa shape index (κ3) is 6.19. The molecule has 3 aromatic carbocycles. The molecule has 1 unspecified atom stereocenters. The number of nitrogens with one attached hydrogen (secondary N) is 1. The molecule has 2 heterocycles. The van der Waals surface area contributed by atoms with Crippen LogP contribution in [-0.4, -0.2) is 65.3 Å². The second kappa shape index (κ2) is 11.6. The summed E-state index contributed by atoms with van der Waals surface area (Å²) >= 11 is 0. The van der Waals surface area contributed by atoms with E-state index in [0.29, 0.717) is 23.7 Å². The van der Waals surface area contributed by atoms with Gasteiger partial charge in [0.15, 0.2) is 6.10 Å². The predicted octanol–water partition coefficient (Wildman–Crippen LogP) is 3.11. The van der Waals surface area contributed by atoms with Crippen LogP contribution >= 0.6 is 0 Å². The predicted molar refractivity (Wildman–Crippen MR) is 148 cm³/mol. The van der Waals surface area contributed by atoms with Crippen LogP contribution in [0, 0.1) is 6.92 Å². The van der Waals surface area contributed by atoms with Crippen LogP contribution in [-0.2, 0) is 32.6 Å². The minimum Gasteiger partial charge on any atom is -0.497 e. The van der Waals surface area contributed by atoms with Gasteiger partial charge in [0, 0.05) is 26.2 Å². The first-order valence-electron chi connectivity index (χ1n) is 12.9. The lowest BCUT2D eigenvalue weighted by Crippen LogP contribution is -2.50. The van der Waals surface area contributed by atoms with Crippen LogP contribution in [0.5, 0.6) is 11.5 Å². The van der Waals surface area contributed by atoms with Crippen molar-refractivity contribution in [3.8, 4) is 11.5 Å². The summed E-state index contributed by atoms with van der Waals surface area (Å²) in [5.74, 6) is 0.517. The number of nitrogens with zero attached hydrogens (tertiary/aromatic N) is 2. The average molecular weight is 552 g/mol. The van der Waals surface area contributed by atoms with Crippen LogP contribution in [0.4, 0.5) is 5.69 Å². The van der Waals surface area contributed by atoms with Gasteiger partial charge in [-0.3, -0.25) is 14.0 Å². The molecule has 206 valence electrons. The molecule has 0 radical (unpaired) electrons. The largest absolute Gasteiger partial charge is 0.497 e. The number of carbonyl (C=O) groups excluding carboxylic acids is 1. The van der Waals surface area contributed by atoms with E-state index in [-0.39, 0.29) is 17.3 Å². The lowest BCUT2D eigenvalue weighted by Gasteiger charge is -2.35. The van der Waals surface area contributed by atoms with E-state index in [1.165, 1.54) is 29.1 Å². The van der Waals surface area contributed by atoms with Gasteiger partial charge in [0.05, 0.1) is 37.5 Å². The minimum atomic E-state index is -3.96. The topological polar surface area (TPSA) is 97.4 Å². The Morgan fingerprint density at radius 3 is 2.38 bits per heavy atom. The van der Waals surface area contributed by atoms with Gasteiger partial charge >= 0.3 is 0 Å². The molecule has 39 heavy (non-hydrogen) atoms. The summed E-state index contributed by atoms with van der Waals surface area (Å²) in [5.41, 5.74) is 3.44. The van der Waals surface area contributed by atoms with Crippen LogP contribution in [0.25, 0.3) is 0 Å². The van der Waals surface area contributed by atoms with Gasteiger partial charge in [-0.05, 0) is 60.0 Å². The number of anilines is 1. The van der Waals surface area contributed by atoms with Crippen LogP contribution < -0.4 is 19.1 Å². The third-order valence-electron chi connectivity index (χ3n) is 6.92. The zero-order valence-corrected chi connectivity index (χ0v) is 22.9. The van der Waals surface area contributed by atoms with Crippen molar-refractivity contribution < 1.29 is 27.4 Å². The first kappa shape index (κ1) is 27.0. The molecule has 2 aliphatic heterocycles. The number of hydrogen-bond donors (Lipinski definition) is 1. The van der Waals surface area contributed by atoms with Crippen LogP contribution in [0.15, 0.2) is 71.6 Å². The SMILES string of the molecule is COc1ccc(S(=O)(=O)N2CC(C(=O)NCc3ccc(CN4CCOCC4)cc3)Oc3ccc(C)cc32)cc1. The molecule has 0 saturated carbocycles. The zero-order valence-electron chi connectivity index (χ0n) is 22.1. The van der Waals surface area contributed by atoms with Gasteiger partial charge in [-0.25, -0.2) is 8.42 Å². The molecule has 1 saturated heterocycles. The second-order valence-electron chi connectivity index (χ2n) is 9.71. The van der Waals surface area contributed by atoms with E-state index in [2.05, 4.69) is 22.3 Å². The Bertz CT molecular complexity index is 1400. The Hall–Kier alpha value is -3.60. The van der Waals surface area contributed by atoms with Crippen LogP contribution in [0.1, 0.15) is 16.7 Å². The molecule has 0 aliphatic carbocycles. The van der Waals surface area contributed by atoms with Gasteiger partial charge in [-0.15, -0.1) is 0 Å². The quantitative estimate of drug-likeness (QED) is 0.460. The average Bonchev–Trinajstić information content (AvgIpc) is 2.96. The molecule has 1 atom stereocenters. The Morgan fingerprint density at radius 2 is 1.69 bits per heavy atom. The van der Waals surface area contributed by atoms with Crippen molar-refractivity contribution in [1.29, 1.82) is 0 Å². The molecule has 1 amide bonds. The minimum absolute atomic E-state index is 0.106. The molecule has 3 aromatic rings. The molecule has 5 rings (SSSR count). The maximum Gasteiger partial charge on any atom is 0.264 e. The van der Waals surface area contributed by atoms with E-state index in [0.717, 1.165) is 44.0 Å². The number of sulfonamides is 1. The number of carbonyl (C=O) groups is 1. The number of hydrogen-bond acceptors (Lipinski definition) is 7. The van der Waals surface area contributed by atoms with Crippen molar-refractivity contribution in [2.45, 2.75) is 31.0 Å². The summed E-state index contributed by atoms with van der Waals surface area (Å²) in [4.78, 5) is 15.6. The van der Waals surface area contributed by atoms with Gasteiger partial charge in [0.2, 0.25) is 0 Å². The highest BCUT2D eigenvalue weighted by atomic mass is 32.2. The van der Waals surface area contributed by atoms with E-state index in [4.69, 9.17) is 14.2 Å². The number of aryl methyl sites for hydroxylation is 1. The van der Waals surface area contributed by atoms with Crippen molar-refractivity contribution in [3.63, 3.8) is 0 Å². The highest BCUT2D eigenvalue weighted by Gasteiger charge is 2.37.